The molecule has 1 N–H and O–H groups in total. The van der Waals surface area contributed by atoms with E-state index in [0.717, 1.165) is 32.2 Å². The third kappa shape index (κ3) is 2.61. The minimum atomic E-state index is -0.390. The van der Waals surface area contributed by atoms with Gasteiger partial charge in [0.25, 0.3) is 5.91 Å². The molecule has 23 heavy (non-hydrogen) atoms. The molecule has 2 fully saturated rings. The standard InChI is InChI=1S/C15H19ClN4O3/c16-11-12(18-19-6-7-23-15(11)19)14(22)20(10-3-4-10)13(21)9-2-1-5-17-8-9/h9-10,17H,1-8H2. The summed E-state index contributed by atoms with van der Waals surface area (Å²) in [4.78, 5) is 27.1. The first-order chi connectivity index (χ1) is 11.2. The lowest BCUT2D eigenvalue weighted by molar-refractivity contribution is -0.133. The van der Waals surface area contributed by atoms with E-state index in [4.69, 9.17) is 16.3 Å². The number of nitrogens with one attached hydrogen (secondary N) is 1. The molecule has 1 saturated carbocycles. The molecule has 1 aromatic heterocycles. The van der Waals surface area contributed by atoms with Crippen LogP contribution in [-0.4, -0.2) is 52.2 Å². The van der Waals surface area contributed by atoms with Crippen molar-refractivity contribution in [2.45, 2.75) is 38.3 Å². The van der Waals surface area contributed by atoms with Crippen molar-refractivity contribution in [1.82, 2.24) is 20.0 Å². The monoisotopic (exact) mass is 338 g/mol. The average molecular weight is 339 g/mol. The minimum absolute atomic E-state index is 0.00884. The van der Waals surface area contributed by atoms with Crippen molar-refractivity contribution in [3.63, 3.8) is 0 Å². The Labute approximate surface area is 138 Å². The zero-order valence-electron chi connectivity index (χ0n) is 12.8. The number of fused-ring (bicyclic) bond motifs is 1. The van der Waals surface area contributed by atoms with Crippen LogP contribution in [0.15, 0.2) is 0 Å². The van der Waals surface area contributed by atoms with Crippen molar-refractivity contribution >= 4 is 23.4 Å². The summed E-state index contributed by atoms with van der Waals surface area (Å²) < 4.78 is 6.99. The molecule has 1 aromatic rings. The van der Waals surface area contributed by atoms with Gasteiger partial charge >= 0.3 is 0 Å². The summed E-state index contributed by atoms with van der Waals surface area (Å²) in [5.74, 6) is -0.205. The van der Waals surface area contributed by atoms with E-state index in [0.29, 0.717) is 25.6 Å². The molecule has 1 aliphatic carbocycles. The number of carbonyl (C=O) groups excluding carboxylic acids is 2. The molecule has 124 valence electrons. The van der Waals surface area contributed by atoms with Crippen LogP contribution in [0.25, 0.3) is 0 Å². The zero-order valence-corrected chi connectivity index (χ0v) is 13.5. The van der Waals surface area contributed by atoms with Gasteiger partial charge in [0.1, 0.15) is 11.6 Å². The van der Waals surface area contributed by atoms with Crippen LogP contribution in [0.4, 0.5) is 0 Å². The maximum atomic E-state index is 12.9. The second-order valence-electron chi connectivity index (χ2n) is 6.33. The Morgan fingerprint density at radius 1 is 1.35 bits per heavy atom. The van der Waals surface area contributed by atoms with Crippen molar-refractivity contribution in [2.24, 2.45) is 5.92 Å². The highest BCUT2D eigenvalue weighted by Crippen LogP contribution is 2.35. The van der Waals surface area contributed by atoms with Crippen LogP contribution in [0.5, 0.6) is 5.88 Å². The lowest BCUT2D eigenvalue weighted by Gasteiger charge is -2.28. The highest BCUT2D eigenvalue weighted by Gasteiger charge is 2.42. The first-order valence-electron chi connectivity index (χ1n) is 8.14. The first kappa shape index (κ1) is 15.0. The molecule has 0 aromatic carbocycles. The van der Waals surface area contributed by atoms with Gasteiger partial charge in [-0.2, -0.15) is 5.10 Å². The van der Waals surface area contributed by atoms with Crippen molar-refractivity contribution in [2.75, 3.05) is 19.7 Å². The molecule has 0 bridgehead atoms. The number of nitrogens with zero attached hydrogens (tertiary/aromatic N) is 3. The van der Waals surface area contributed by atoms with E-state index in [9.17, 15) is 9.59 Å². The number of imide groups is 1. The van der Waals surface area contributed by atoms with E-state index in [2.05, 4.69) is 10.4 Å². The molecule has 7 nitrogen and oxygen atoms in total. The SMILES string of the molecule is O=C(c1nn2c(c1Cl)OCC2)N(C(=O)C1CCCNC1)C1CC1. The third-order valence-corrected chi connectivity index (χ3v) is 4.95. The molecular formula is C15H19ClN4O3. The van der Waals surface area contributed by atoms with Crippen LogP contribution in [0, 0.1) is 5.92 Å². The second kappa shape index (κ2) is 5.79. The predicted molar refractivity (Wildman–Crippen MR) is 82.5 cm³/mol. The summed E-state index contributed by atoms with van der Waals surface area (Å²) in [5.41, 5.74) is 0.130. The summed E-state index contributed by atoms with van der Waals surface area (Å²) in [7, 11) is 0. The Balaban J connectivity index is 1.60. The number of rotatable bonds is 3. The number of hydrogen-bond donors (Lipinski definition) is 1. The predicted octanol–water partition coefficient (Wildman–Crippen LogP) is 1.06. The number of halogens is 1. The number of hydrogen-bond acceptors (Lipinski definition) is 5. The molecule has 3 heterocycles. The maximum absolute atomic E-state index is 12.9. The maximum Gasteiger partial charge on any atom is 0.282 e. The molecule has 1 unspecified atom stereocenters. The van der Waals surface area contributed by atoms with E-state index in [1.165, 1.54) is 4.90 Å². The number of amides is 2. The molecule has 8 heteroatoms. The number of ether oxygens (including phenoxy) is 1. The summed E-state index contributed by atoms with van der Waals surface area (Å²) in [6.45, 7) is 2.64. The lowest BCUT2D eigenvalue weighted by atomic mass is 9.98. The molecule has 0 radical (unpaired) electrons. The fourth-order valence-corrected chi connectivity index (χ4v) is 3.50. The van der Waals surface area contributed by atoms with Crippen molar-refractivity contribution in [1.29, 1.82) is 0 Å². The summed E-state index contributed by atoms with van der Waals surface area (Å²) in [5, 5.41) is 7.69. The van der Waals surface area contributed by atoms with Crippen LogP contribution in [0.3, 0.4) is 0 Å². The van der Waals surface area contributed by atoms with Gasteiger partial charge in [-0.15, -0.1) is 0 Å². The Kier molecular flexibility index (Phi) is 3.77. The highest BCUT2D eigenvalue weighted by molar-refractivity contribution is 6.35. The fourth-order valence-electron chi connectivity index (χ4n) is 3.23. The largest absolute Gasteiger partial charge is 0.475 e. The molecule has 2 aliphatic heterocycles. The molecule has 4 rings (SSSR count). The van der Waals surface area contributed by atoms with Gasteiger partial charge in [-0.3, -0.25) is 14.5 Å². The van der Waals surface area contributed by atoms with E-state index >= 15 is 0 Å². The Bertz CT molecular complexity index is 649. The Morgan fingerprint density at radius 3 is 2.83 bits per heavy atom. The average Bonchev–Trinajstić information content (AvgIpc) is 3.19. The lowest BCUT2D eigenvalue weighted by Crippen LogP contribution is -2.47. The van der Waals surface area contributed by atoms with E-state index in [1.54, 1.807) is 4.68 Å². The van der Waals surface area contributed by atoms with Crippen LogP contribution in [-0.2, 0) is 11.3 Å². The van der Waals surface area contributed by atoms with Crippen LogP contribution in [0.1, 0.15) is 36.2 Å². The molecule has 2 amide bonds. The molecule has 1 atom stereocenters. The topological polar surface area (TPSA) is 76.5 Å². The van der Waals surface area contributed by atoms with E-state index in [-0.39, 0.29) is 28.6 Å². The molecule has 1 saturated heterocycles. The third-order valence-electron chi connectivity index (χ3n) is 4.61. The van der Waals surface area contributed by atoms with Gasteiger partial charge in [-0.1, -0.05) is 11.6 Å². The van der Waals surface area contributed by atoms with Gasteiger partial charge in [0.05, 0.1) is 12.5 Å². The molecule has 3 aliphatic rings. The zero-order chi connectivity index (χ0) is 16.0. The van der Waals surface area contributed by atoms with E-state index < -0.39 is 5.91 Å². The molecular weight excluding hydrogens is 320 g/mol. The van der Waals surface area contributed by atoms with Crippen LogP contribution < -0.4 is 10.1 Å². The van der Waals surface area contributed by atoms with Gasteiger partial charge in [-0.05, 0) is 32.2 Å². The van der Waals surface area contributed by atoms with Crippen molar-refractivity contribution in [3.8, 4) is 5.88 Å². The van der Waals surface area contributed by atoms with Gasteiger partial charge in [0, 0.05) is 12.6 Å². The van der Waals surface area contributed by atoms with Crippen molar-refractivity contribution in [3.05, 3.63) is 10.7 Å². The normalized spacial score (nSPS) is 23.3. The number of aromatic nitrogens is 2. The second-order valence-corrected chi connectivity index (χ2v) is 6.71. The van der Waals surface area contributed by atoms with Crippen LogP contribution in [0.2, 0.25) is 5.02 Å². The smallest absolute Gasteiger partial charge is 0.282 e. The van der Waals surface area contributed by atoms with Crippen molar-refractivity contribution < 1.29 is 14.3 Å². The summed E-state index contributed by atoms with van der Waals surface area (Å²) in [6.07, 6.45) is 3.49. The highest BCUT2D eigenvalue weighted by atomic mass is 35.5. The quantitative estimate of drug-likeness (QED) is 0.834. The fraction of sp³-hybridized carbons (Fsp3) is 0.667. The first-order valence-corrected chi connectivity index (χ1v) is 8.52. The van der Waals surface area contributed by atoms with E-state index in [1.807, 2.05) is 0 Å². The Morgan fingerprint density at radius 2 is 2.17 bits per heavy atom. The number of carbonyl (C=O) groups is 2. The minimum Gasteiger partial charge on any atom is -0.475 e. The number of piperidine rings is 1. The van der Waals surface area contributed by atoms with Crippen LogP contribution >= 0.6 is 11.6 Å². The molecule has 0 spiro atoms. The summed E-state index contributed by atoms with van der Waals surface area (Å²) >= 11 is 6.24. The summed E-state index contributed by atoms with van der Waals surface area (Å²) in [6, 6.07) is -0.00884. The van der Waals surface area contributed by atoms with Gasteiger partial charge in [-0.25, -0.2) is 4.68 Å². The van der Waals surface area contributed by atoms with Gasteiger partial charge in [0.2, 0.25) is 11.8 Å². The van der Waals surface area contributed by atoms with Gasteiger partial charge < -0.3 is 10.1 Å². The Hall–Kier alpha value is -1.60. The van der Waals surface area contributed by atoms with Gasteiger partial charge in [0.15, 0.2) is 5.69 Å².